The van der Waals surface area contributed by atoms with Gasteiger partial charge in [0.1, 0.15) is 11.9 Å². The third-order valence-corrected chi connectivity index (χ3v) is 3.66. The number of carbonyl (C=O) groups excluding carboxylic acids is 1. The van der Waals surface area contributed by atoms with Gasteiger partial charge in [-0.2, -0.15) is 0 Å². The van der Waals surface area contributed by atoms with Crippen LogP contribution in [0.2, 0.25) is 0 Å². The summed E-state index contributed by atoms with van der Waals surface area (Å²) < 4.78 is 10.6. The van der Waals surface area contributed by atoms with E-state index in [0.29, 0.717) is 17.3 Å². The fourth-order valence-corrected chi connectivity index (χ4v) is 2.65. The van der Waals surface area contributed by atoms with Gasteiger partial charge in [-0.25, -0.2) is 4.79 Å². The molecular formula is C14H20O3. The molecule has 0 saturated heterocycles. The molecule has 3 nitrogen and oxygen atoms in total. The Hall–Kier alpha value is -1.25. The molecule has 0 aromatic heterocycles. The molecule has 0 N–H and O–H groups in total. The molecule has 0 amide bonds. The van der Waals surface area contributed by atoms with Crippen molar-refractivity contribution in [1.82, 2.24) is 0 Å². The first-order valence-electron chi connectivity index (χ1n) is 6.36. The predicted molar refractivity (Wildman–Crippen MR) is 65.3 cm³/mol. The molecule has 1 fully saturated rings. The van der Waals surface area contributed by atoms with E-state index in [-0.39, 0.29) is 12.1 Å². The van der Waals surface area contributed by atoms with Crippen molar-refractivity contribution in [3.05, 3.63) is 23.5 Å². The number of carbonyl (C=O) groups is 1. The quantitative estimate of drug-likeness (QED) is 0.691. The Labute approximate surface area is 102 Å². The molecule has 1 saturated carbocycles. The zero-order chi connectivity index (χ0) is 12.3. The lowest BCUT2D eigenvalue weighted by Crippen LogP contribution is -2.27. The summed E-state index contributed by atoms with van der Waals surface area (Å²) >= 11 is 0. The maximum Gasteiger partial charge on any atom is 0.341 e. The minimum atomic E-state index is -0.319. The Morgan fingerprint density at radius 1 is 1.35 bits per heavy atom. The molecule has 17 heavy (non-hydrogen) atoms. The van der Waals surface area contributed by atoms with E-state index in [2.05, 4.69) is 0 Å². The summed E-state index contributed by atoms with van der Waals surface area (Å²) in [7, 11) is 1.39. The van der Waals surface area contributed by atoms with Crippen LogP contribution >= 0.6 is 0 Å². The molecule has 1 heterocycles. The van der Waals surface area contributed by atoms with Crippen molar-refractivity contribution in [1.29, 1.82) is 0 Å². The van der Waals surface area contributed by atoms with Crippen molar-refractivity contribution in [3.8, 4) is 0 Å². The molecule has 0 aromatic carbocycles. The second-order valence-corrected chi connectivity index (χ2v) is 4.80. The van der Waals surface area contributed by atoms with E-state index < -0.39 is 0 Å². The van der Waals surface area contributed by atoms with E-state index in [4.69, 9.17) is 9.47 Å². The van der Waals surface area contributed by atoms with E-state index in [1.54, 1.807) is 0 Å². The number of rotatable bonds is 2. The Bertz CT molecular complexity index is 348. The van der Waals surface area contributed by atoms with Gasteiger partial charge in [0.2, 0.25) is 0 Å². The summed E-state index contributed by atoms with van der Waals surface area (Å²) in [6, 6.07) is 0. The molecule has 0 aromatic rings. The summed E-state index contributed by atoms with van der Waals surface area (Å²) in [5, 5.41) is 0. The molecule has 2 rings (SSSR count). The van der Waals surface area contributed by atoms with E-state index in [1.165, 1.54) is 39.2 Å². The third kappa shape index (κ3) is 2.71. The van der Waals surface area contributed by atoms with Crippen molar-refractivity contribution in [2.24, 2.45) is 5.92 Å². The SMILES string of the molecule is COC(=O)C1=C(C)OC(C2CCCCC2)C=C1. The Balaban J connectivity index is 2.02. The number of allylic oxidation sites excluding steroid dienone is 1. The maximum absolute atomic E-state index is 11.4. The summed E-state index contributed by atoms with van der Waals surface area (Å²) in [6.07, 6.45) is 10.4. The number of hydrogen-bond acceptors (Lipinski definition) is 3. The van der Waals surface area contributed by atoms with Gasteiger partial charge >= 0.3 is 5.97 Å². The highest BCUT2D eigenvalue weighted by atomic mass is 16.5. The van der Waals surface area contributed by atoms with Crippen LogP contribution in [-0.2, 0) is 14.3 Å². The highest BCUT2D eigenvalue weighted by molar-refractivity contribution is 5.92. The lowest BCUT2D eigenvalue weighted by Gasteiger charge is -2.31. The van der Waals surface area contributed by atoms with Gasteiger partial charge in [-0.15, -0.1) is 0 Å². The van der Waals surface area contributed by atoms with Crippen molar-refractivity contribution >= 4 is 5.97 Å². The molecule has 0 spiro atoms. The average Bonchev–Trinajstić information content (AvgIpc) is 2.39. The summed E-state index contributed by atoms with van der Waals surface area (Å²) in [4.78, 5) is 11.4. The van der Waals surface area contributed by atoms with Crippen LogP contribution in [0.15, 0.2) is 23.5 Å². The first kappa shape index (κ1) is 12.2. The zero-order valence-electron chi connectivity index (χ0n) is 10.6. The summed E-state index contributed by atoms with van der Waals surface area (Å²) in [6.45, 7) is 1.84. The molecule has 1 aliphatic heterocycles. The van der Waals surface area contributed by atoms with Gasteiger partial charge in [-0.05, 0) is 37.8 Å². The molecule has 3 heteroatoms. The maximum atomic E-state index is 11.4. The van der Waals surface area contributed by atoms with E-state index in [1.807, 2.05) is 19.1 Å². The highest BCUT2D eigenvalue weighted by Crippen LogP contribution is 2.32. The topological polar surface area (TPSA) is 35.5 Å². The van der Waals surface area contributed by atoms with E-state index in [9.17, 15) is 4.79 Å². The normalized spacial score (nSPS) is 25.6. The van der Waals surface area contributed by atoms with Crippen molar-refractivity contribution in [3.63, 3.8) is 0 Å². The van der Waals surface area contributed by atoms with Crippen LogP contribution in [0.25, 0.3) is 0 Å². The first-order chi connectivity index (χ1) is 8.22. The van der Waals surface area contributed by atoms with Crippen molar-refractivity contribution in [2.45, 2.75) is 45.1 Å². The standard InChI is InChI=1S/C14H20O3/c1-10-12(14(15)16-2)8-9-13(17-10)11-6-4-3-5-7-11/h8-9,11,13H,3-7H2,1-2H3. The van der Waals surface area contributed by atoms with Gasteiger partial charge in [-0.3, -0.25) is 0 Å². The Kier molecular flexibility index (Phi) is 3.87. The zero-order valence-corrected chi connectivity index (χ0v) is 10.6. The van der Waals surface area contributed by atoms with Crippen LogP contribution in [0, 0.1) is 5.92 Å². The van der Waals surface area contributed by atoms with E-state index in [0.717, 1.165) is 0 Å². The second kappa shape index (κ2) is 5.39. The average molecular weight is 236 g/mol. The van der Waals surface area contributed by atoms with E-state index >= 15 is 0 Å². The number of hydrogen-bond donors (Lipinski definition) is 0. The van der Waals surface area contributed by atoms with Crippen LogP contribution < -0.4 is 0 Å². The molecular weight excluding hydrogens is 216 g/mol. The Morgan fingerprint density at radius 2 is 2.06 bits per heavy atom. The van der Waals surface area contributed by atoms with Crippen LogP contribution in [-0.4, -0.2) is 19.2 Å². The first-order valence-corrected chi connectivity index (χ1v) is 6.36. The number of ether oxygens (including phenoxy) is 2. The summed E-state index contributed by atoms with van der Waals surface area (Å²) in [5.74, 6) is 0.977. The molecule has 1 atom stereocenters. The minimum Gasteiger partial charge on any atom is -0.490 e. The second-order valence-electron chi connectivity index (χ2n) is 4.80. The van der Waals surface area contributed by atoms with Crippen molar-refractivity contribution < 1.29 is 14.3 Å². The fourth-order valence-electron chi connectivity index (χ4n) is 2.65. The molecule has 94 valence electrons. The fraction of sp³-hybridized carbons (Fsp3) is 0.643. The van der Waals surface area contributed by atoms with Gasteiger partial charge in [-0.1, -0.05) is 19.3 Å². The van der Waals surface area contributed by atoms with Crippen LogP contribution in [0.1, 0.15) is 39.0 Å². The minimum absolute atomic E-state index is 0.142. The van der Waals surface area contributed by atoms with Gasteiger partial charge in [0.25, 0.3) is 0 Å². The van der Waals surface area contributed by atoms with Crippen molar-refractivity contribution in [2.75, 3.05) is 7.11 Å². The number of methoxy groups -OCH3 is 1. The largest absolute Gasteiger partial charge is 0.490 e. The van der Waals surface area contributed by atoms with Gasteiger partial charge in [0.15, 0.2) is 0 Å². The lowest BCUT2D eigenvalue weighted by molar-refractivity contribution is -0.136. The van der Waals surface area contributed by atoms with Crippen LogP contribution in [0.5, 0.6) is 0 Å². The molecule has 0 bridgehead atoms. The molecule has 2 aliphatic rings. The smallest absolute Gasteiger partial charge is 0.341 e. The monoisotopic (exact) mass is 236 g/mol. The molecule has 1 aliphatic carbocycles. The third-order valence-electron chi connectivity index (χ3n) is 3.66. The van der Waals surface area contributed by atoms with Crippen LogP contribution in [0.4, 0.5) is 0 Å². The van der Waals surface area contributed by atoms with Gasteiger partial charge < -0.3 is 9.47 Å². The lowest BCUT2D eigenvalue weighted by atomic mass is 9.84. The molecule has 1 unspecified atom stereocenters. The Morgan fingerprint density at radius 3 is 2.65 bits per heavy atom. The summed E-state index contributed by atoms with van der Waals surface area (Å²) in [5.41, 5.74) is 0.541. The predicted octanol–water partition coefficient (Wildman–Crippen LogP) is 2.97. The molecule has 0 radical (unpaired) electrons. The van der Waals surface area contributed by atoms with Gasteiger partial charge in [0.05, 0.1) is 12.7 Å². The highest BCUT2D eigenvalue weighted by Gasteiger charge is 2.27. The number of esters is 1. The van der Waals surface area contributed by atoms with Gasteiger partial charge in [0, 0.05) is 0 Å². The van der Waals surface area contributed by atoms with Crippen LogP contribution in [0.3, 0.4) is 0 Å².